The topological polar surface area (TPSA) is 15.3 Å². The van der Waals surface area contributed by atoms with Crippen molar-refractivity contribution in [3.05, 3.63) is 0 Å². The first-order chi connectivity index (χ1) is 6.25. The monoisotopic (exact) mass is 198 g/mol. The maximum atomic E-state index is 3.62. The molecule has 1 heterocycles. The molecular formula is C12H26N2. The van der Waals surface area contributed by atoms with E-state index in [2.05, 4.69) is 51.8 Å². The van der Waals surface area contributed by atoms with Gasteiger partial charge in [-0.3, -0.25) is 4.90 Å². The van der Waals surface area contributed by atoms with Gasteiger partial charge in [0.1, 0.15) is 0 Å². The van der Waals surface area contributed by atoms with E-state index in [9.17, 15) is 0 Å². The summed E-state index contributed by atoms with van der Waals surface area (Å²) >= 11 is 0. The molecule has 0 radical (unpaired) electrons. The molecule has 1 fully saturated rings. The van der Waals surface area contributed by atoms with Crippen molar-refractivity contribution in [1.29, 1.82) is 0 Å². The van der Waals surface area contributed by atoms with Crippen molar-refractivity contribution in [2.75, 3.05) is 13.1 Å². The number of nitrogens with zero attached hydrogens (tertiary/aromatic N) is 1. The van der Waals surface area contributed by atoms with Crippen LogP contribution in [0.25, 0.3) is 0 Å². The molecule has 1 N–H and O–H groups in total. The van der Waals surface area contributed by atoms with Crippen LogP contribution in [0.3, 0.4) is 0 Å². The van der Waals surface area contributed by atoms with Crippen LogP contribution in [-0.2, 0) is 0 Å². The fraction of sp³-hybridized carbons (Fsp3) is 1.00. The average molecular weight is 198 g/mol. The maximum absolute atomic E-state index is 3.62. The van der Waals surface area contributed by atoms with Gasteiger partial charge in [-0.15, -0.1) is 0 Å². The van der Waals surface area contributed by atoms with Gasteiger partial charge in [0, 0.05) is 23.7 Å². The predicted molar refractivity (Wildman–Crippen MR) is 62.6 cm³/mol. The summed E-state index contributed by atoms with van der Waals surface area (Å²) in [6.45, 7) is 16.2. The van der Waals surface area contributed by atoms with Crippen molar-refractivity contribution in [2.24, 2.45) is 0 Å². The van der Waals surface area contributed by atoms with Gasteiger partial charge >= 0.3 is 0 Å². The first-order valence-electron chi connectivity index (χ1n) is 5.76. The standard InChI is InChI=1S/C12H26N2/c1-10(2)14-9-11(3,4)13-8-7-12(14,5)6/h10,13H,7-9H2,1-6H3. The molecule has 0 amide bonds. The lowest BCUT2D eigenvalue weighted by Gasteiger charge is -2.42. The highest BCUT2D eigenvalue weighted by Gasteiger charge is 2.35. The zero-order chi connectivity index (χ0) is 11.0. The van der Waals surface area contributed by atoms with E-state index in [1.54, 1.807) is 0 Å². The Labute approximate surface area is 89.1 Å². The molecule has 0 aromatic rings. The first-order valence-corrected chi connectivity index (χ1v) is 5.76. The Morgan fingerprint density at radius 2 is 1.71 bits per heavy atom. The third kappa shape index (κ3) is 2.71. The SMILES string of the molecule is CC(C)N1CC(C)(C)NCCC1(C)C. The largest absolute Gasteiger partial charge is 0.310 e. The van der Waals surface area contributed by atoms with Gasteiger partial charge in [-0.05, 0) is 54.5 Å². The molecule has 1 saturated heterocycles. The Kier molecular flexibility index (Phi) is 3.27. The molecule has 1 aliphatic rings. The van der Waals surface area contributed by atoms with E-state index in [0.717, 1.165) is 13.1 Å². The van der Waals surface area contributed by atoms with E-state index in [1.165, 1.54) is 6.42 Å². The van der Waals surface area contributed by atoms with Crippen LogP contribution >= 0.6 is 0 Å². The van der Waals surface area contributed by atoms with E-state index < -0.39 is 0 Å². The van der Waals surface area contributed by atoms with Gasteiger partial charge in [-0.1, -0.05) is 0 Å². The van der Waals surface area contributed by atoms with Crippen molar-refractivity contribution < 1.29 is 0 Å². The third-order valence-electron chi connectivity index (χ3n) is 3.31. The van der Waals surface area contributed by atoms with Crippen LogP contribution in [-0.4, -0.2) is 35.1 Å². The lowest BCUT2D eigenvalue weighted by atomic mass is 9.96. The minimum Gasteiger partial charge on any atom is -0.310 e. The number of nitrogens with one attached hydrogen (secondary N) is 1. The van der Waals surface area contributed by atoms with E-state index >= 15 is 0 Å². The Balaban J connectivity index is 2.83. The molecule has 0 spiro atoms. The lowest BCUT2D eigenvalue weighted by molar-refractivity contribution is 0.0728. The molecule has 1 aliphatic heterocycles. The quantitative estimate of drug-likeness (QED) is 0.695. The molecule has 0 aromatic heterocycles. The summed E-state index contributed by atoms with van der Waals surface area (Å²) < 4.78 is 0. The molecule has 14 heavy (non-hydrogen) atoms. The van der Waals surface area contributed by atoms with Crippen LogP contribution in [0.15, 0.2) is 0 Å². The molecule has 0 unspecified atom stereocenters. The molecule has 0 bridgehead atoms. The maximum Gasteiger partial charge on any atom is 0.0252 e. The smallest absolute Gasteiger partial charge is 0.0252 e. The van der Waals surface area contributed by atoms with Crippen LogP contribution in [0, 0.1) is 0 Å². The van der Waals surface area contributed by atoms with Crippen LogP contribution in [0.1, 0.15) is 48.0 Å². The van der Waals surface area contributed by atoms with Crippen molar-refractivity contribution in [2.45, 2.75) is 65.1 Å². The van der Waals surface area contributed by atoms with Crippen LogP contribution in [0.5, 0.6) is 0 Å². The second kappa shape index (κ2) is 3.82. The lowest BCUT2D eigenvalue weighted by Crippen LogP contribution is -2.53. The minimum absolute atomic E-state index is 0.248. The third-order valence-corrected chi connectivity index (χ3v) is 3.31. The van der Waals surface area contributed by atoms with Crippen molar-refractivity contribution >= 4 is 0 Å². The van der Waals surface area contributed by atoms with Gasteiger partial charge in [0.15, 0.2) is 0 Å². The summed E-state index contributed by atoms with van der Waals surface area (Å²) in [5.74, 6) is 0. The highest BCUT2D eigenvalue weighted by atomic mass is 15.3. The molecule has 2 nitrogen and oxygen atoms in total. The van der Waals surface area contributed by atoms with Gasteiger partial charge in [-0.25, -0.2) is 0 Å². The van der Waals surface area contributed by atoms with Gasteiger partial charge in [0.05, 0.1) is 0 Å². The first kappa shape index (κ1) is 12.0. The van der Waals surface area contributed by atoms with Crippen LogP contribution in [0.4, 0.5) is 0 Å². The predicted octanol–water partition coefficient (Wildman–Crippen LogP) is 2.25. The highest BCUT2D eigenvalue weighted by molar-refractivity contribution is 4.94. The van der Waals surface area contributed by atoms with E-state index in [4.69, 9.17) is 0 Å². The Hall–Kier alpha value is -0.0800. The zero-order valence-corrected chi connectivity index (χ0v) is 10.6. The number of hydrogen-bond donors (Lipinski definition) is 1. The molecular weight excluding hydrogens is 172 g/mol. The zero-order valence-electron chi connectivity index (χ0n) is 10.6. The van der Waals surface area contributed by atoms with E-state index in [0.29, 0.717) is 11.6 Å². The fourth-order valence-corrected chi connectivity index (χ4v) is 2.43. The van der Waals surface area contributed by atoms with E-state index in [-0.39, 0.29) is 5.54 Å². The molecule has 84 valence electrons. The summed E-state index contributed by atoms with van der Waals surface area (Å²) in [7, 11) is 0. The highest BCUT2D eigenvalue weighted by Crippen LogP contribution is 2.26. The van der Waals surface area contributed by atoms with Crippen molar-refractivity contribution in [1.82, 2.24) is 10.2 Å². The van der Waals surface area contributed by atoms with Crippen LogP contribution in [0.2, 0.25) is 0 Å². The Bertz CT molecular complexity index is 194. The van der Waals surface area contributed by atoms with Crippen molar-refractivity contribution in [3.8, 4) is 0 Å². The minimum atomic E-state index is 0.248. The van der Waals surface area contributed by atoms with Gasteiger partial charge < -0.3 is 5.32 Å². The fourth-order valence-electron chi connectivity index (χ4n) is 2.43. The summed E-state index contributed by atoms with van der Waals surface area (Å²) in [5.41, 5.74) is 0.576. The van der Waals surface area contributed by atoms with Gasteiger partial charge in [0.2, 0.25) is 0 Å². The summed E-state index contributed by atoms with van der Waals surface area (Å²) in [4.78, 5) is 2.62. The van der Waals surface area contributed by atoms with Gasteiger partial charge in [-0.2, -0.15) is 0 Å². The summed E-state index contributed by atoms with van der Waals surface area (Å²) in [6.07, 6.45) is 1.23. The second-order valence-corrected chi connectivity index (χ2v) is 6.09. The Morgan fingerprint density at radius 1 is 1.14 bits per heavy atom. The van der Waals surface area contributed by atoms with E-state index in [1.807, 2.05) is 0 Å². The summed E-state index contributed by atoms with van der Waals surface area (Å²) in [6, 6.07) is 0.629. The molecule has 1 rings (SSSR count). The molecule has 0 aliphatic carbocycles. The number of rotatable bonds is 1. The Morgan fingerprint density at radius 3 is 2.21 bits per heavy atom. The average Bonchev–Trinajstić information content (AvgIpc) is 2.07. The molecule has 0 aromatic carbocycles. The van der Waals surface area contributed by atoms with Crippen LogP contribution < -0.4 is 5.32 Å². The second-order valence-electron chi connectivity index (χ2n) is 6.09. The molecule has 2 heteroatoms. The molecule has 0 saturated carbocycles. The molecule has 0 atom stereocenters. The van der Waals surface area contributed by atoms with Crippen molar-refractivity contribution in [3.63, 3.8) is 0 Å². The summed E-state index contributed by atoms with van der Waals surface area (Å²) in [5, 5.41) is 3.62. The normalized spacial score (nSPS) is 27.6. The van der Waals surface area contributed by atoms with Gasteiger partial charge in [0.25, 0.3) is 0 Å². The number of hydrogen-bond acceptors (Lipinski definition) is 2.